The second kappa shape index (κ2) is 8.16. The van der Waals surface area contributed by atoms with Crippen LogP contribution in [-0.2, 0) is 22.4 Å². The molecule has 4 unspecified atom stereocenters. The van der Waals surface area contributed by atoms with Crippen molar-refractivity contribution in [1.29, 1.82) is 5.26 Å². The minimum absolute atomic E-state index is 0.0449. The van der Waals surface area contributed by atoms with Crippen molar-refractivity contribution in [2.45, 2.75) is 56.7 Å². The molecule has 2 heterocycles. The van der Waals surface area contributed by atoms with Crippen molar-refractivity contribution in [2.75, 3.05) is 5.32 Å². The third kappa shape index (κ3) is 4.06. The fourth-order valence-corrected chi connectivity index (χ4v) is 5.17. The molecule has 31 heavy (non-hydrogen) atoms. The molecule has 2 aromatic rings. The van der Waals surface area contributed by atoms with E-state index in [0.717, 1.165) is 53.6 Å². The quantitative estimate of drug-likeness (QED) is 0.701. The molecule has 0 spiro atoms. The lowest BCUT2D eigenvalue weighted by molar-refractivity contribution is -0.124. The molecule has 6 heteroatoms. The molecule has 3 aliphatic rings. The lowest BCUT2D eigenvalue weighted by Gasteiger charge is -2.23. The number of nitriles is 1. The molecule has 4 atom stereocenters. The second-order valence-corrected chi connectivity index (χ2v) is 8.93. The van der Waals surface area contributed by atoms with Crippen LogP contribution in [0.1, 0.15) is 36.8 Å². The summed E-state index contributed by atoms with van der Waals surface area (Å²) in [6.45, 7) is 0. The van der Waals surface area contributed by atoms with Gasteiger partial charge in [0.1, 0.15) is 6.04 Å². The Labute approximate surface area is 182 Å². The van der Waals surface area contributed by atoms with Gasteiger partial charge in [0, 0.05) is 24.6 Å². The molecular formula is C25H26N4O2. The zero-order valence-electron chi connectivity index (χ0n) is 17.4. The van der Waals surface area contributed by atoms with E-state index in [2.05, 4.69) is 28.1 Å². The highest BCUT2D eigenvalue weighted by molar-refractivity contribution is 5.94. The number of nitrogens with zero attached hydrogens (tertiary/aromatic N) is 1. The SMILES string of the molecule is N#CC(Cc1ccc(-c2ccc3c(c2)CCC(=O)N3)cc1)NC(=O)C1NC2CCC1C2. The maximum absolute atomic E-state index is 12.6. The Morgan fingerprint density at radius 1 is 1.13 bits per heavy atom. The molecule has 1 saturated heterocycles. The van der Waals surface area contributed by atoms with Crippen LogP contribution in [-0.4, -0.2) is 29.9 Å². The molecule has 2 aliphatic heterocycles. The first kappa shape index (κ1) is 19.8. The molecule has 2 aromatic carbocycles. The van der Waals surface area contributed by atoms with Crippen LogP contribution in [0.3, 0.4) is 0 Å². The minimum atomic E-state index is -0.536. The van der Waals surface area contributed by atoms with E-state index in [-0.39, 0.29) is 17.9 Å². The van der Waals surface area contributed by atoms with Gasteiger partial charge < -0.3 is 16.0 Å². The van der Waals surface area contributed by atoms with Crippen LogP contribution in [0.15, 0.2) is 42.5 Å². The van der Waals surface area contributed by atoms with Gasteiger partial charge in [-0.1, -0.05) is 30.3 Å². The number of nitrogens with one attached hydrogen (secondary N) is 3. The number of hydrogen-bond acceptors (Lipinski definition) is 4. The summed E-state index contributed by atoms with van der Waals surface area (Å²) in [4.78, 5) is 24.2. The normalized spacial score (nSPS) is 24.7. The highest BCUT2D eigenvalue weighted by Gasteiger charge is 2.43. The summed E-state index contributed by atoms with van der Waals surface area (Å²) in [7, 11) is 0. The van der Waals surface area contributed by atoms with Crippen LogP contribution in [0.25, 0.3) is 11.1 Å². The zero-order chi connectivity index (χ0) is 21.4. The van der Waals surface area contributed by atoms with Gasteiger partial charge in [-0.25, -0.2) is 0 Å². The van der Waals surface area contributed by atoms with E-state index >= 15 is 0 Å². The van der Waals surface area contributed by atoms with Gasteiger partial charge in [-0.2, -0.15) is 5.26 Å². The Bertz CT molecular complexity index is 1060. The van der Waals surface area contributed by atoms with Crippen LogP contribution < -0.4 is 16.0 Å². The van der Waals surface area contributed by atoms with E-state index in [0.29, 0.717) is 24.8 Å². The number of piperidine rings is 1. The van der Waals surface area contributed by atoms with Gasteiger partial charge in [-0.3, -0.25) is 9.59 Å². The maximum Gasteiger partial charge on any atom is 0.238 e. The molecule has 3 N–H and O–H groups in total. The van der Waals surface area contributed by atoms with Gasteiger partial charge in [0.25, 0.3) is 0 Å². The Hall–Kier alpha value is -3.17. The van der Waals surface area contributed by atoms with Gasteiger partial charge in [-0.05, 0) is 66.0 Å². The monoisotopic (exact) mass is 414 g/mol. The summed E-state index contributed by atoms with van der Waals surface area (Å²) in [5.41, 5.74) is 5.26. The van der Waals surface area contributed by atoms with Gasteiger partial charge >= 0.3 is 0 Å². The first-order valence-corrected chi connectivity index (χ1v) is 11.1. The summed E-state index contributed by atoms with van der Waals surface area (Å²) in [6, 6.07) is 16.3. The molecule has 158 valence electrons. The number of carbonyl (C=O) groups is 2. The van der Waals surface area contributed by atoms with Crippen LogP contribution in [0.4, 0.5) is 5.69 Å². The van der Waals surface area contributed by atoms with Crippen molar-refractivity contribution in [3.05, 3.63) is 53.6 Å². The van der Waals surface area contributed by atoms with Crippen molar-refractivity contribution in [1.82, 2.24) is 10.6 Å². The minimum Gasteiger partial charge on any atom is -0.339 e. The first-order chi connectivity index (χ1) is 15.1. The van der Waals surface area contributed by atoms with Crippen molar-refractivity contribution in [2.24, 2.45) is 5.92 Å². The van der Waals surface area contributed by atoms with Crippen LogP contribution in [0, 0.1) is 17.2 Å². The topological polar surface area (TPSA) is 94.0 Å². The number of fused-ring (bicyclic) bond motifs is 3. The Morgan fingerprint density at radius 3 is 2.65 bits per heavy atom. The van der Waals surface area contributed by atoms with Gasteiger partial charge in [-0.15, -0.1) is 0 Å². The average Bonchev–Trinajstić information content (AvgIpc) is 3.42. The Kier molecular flexibility index (Phi) is 5.21. The maximum atomic E-state index is 12.6. The first-order valence-electron chi connectivity index (χ1n) is 11.1. The molecule has 0 aromatic heterocycles. The predicted octanol–water partition coefficient (Wildman–Crippen LogP) is 2.93. The number of hydrogen-bond donors (Lipinski definition) is 3. The Morgan fingerprint density at radius 2 is 1.94 bits per heavy atom. The van der Waals surface area contributed by atoms with Crippen molar-refractivity contribution in [3.63, 3.8) is 0 Å². The molecule has 2 bridgehead atoms. The molecule has 6 nitrogen and oxygen atoms in total. The number of benzene rings is 2. The smallest absolute Gasteiger partial charge is 0.238 e. The van der Waals surface area contributed by atoms with Crippen LogP contribution in [0.5, 0.6) is 0 Å². The van der Waals surface area contributed by atoms with Gasteiger partial charge in [0.2, 0.25) is 11.8 Å². The Balaban J connectivity index is 1.23. The summed E-state index contributed by atoms with van der Waals surface area (Å²) in [5.74, 6) is 0.435. The third-order valence-corrected chi connectivity index (χ3v) is 6.84. The second-order valence-electron chi connectivity index (χ2n) is 8.93. The van der Waals surface area contributed by atoms with Gasteiger partial charge in [0.15, 0.2) is 0 Å². The number of anilines is 1. The fraction of sp³-hybridized carbons (Fsp3) is 0.400. The average molecular weight is 415 g/mol. The third-order valence-electron chi connectivity index (χ3n) is 6.84. The van der Waals surface area contributed by atoms with E-state index < -0.39 is 6.04 Å². The summed E-state index contributed by atoms with van der Waals surface area (Å²) in [5, 5.41) is 18.8. The molecule has 0 radical (unpaired) electrons. The van der Waals surface area contributed by atoms with E-state index in [1.807, 2.05) is 36.4 Å². The largest absolute Gasteiger partial charge is 0.339 e. The summed E-state index contributed by atoms with van der Waals surface area (Å²) >= 11 is 0. The zero-order valence-corrected chi connectivity index (χ0v) is 17.4. The molecule has 5 rings (SSSR count). The molecule has 1 aliphatic carbocycles. The molecule has 2 amide bonds. The van der Waals surface area contributed by atoms with E-state index in [1.165, 1.54) is 0 Å². The standard InChI is InChI=1S/C25H26N4O2/c26-14-21(28-25(31)24-19-5-8-20(13-19)27-24)11-15-1-3-16(4-2-15)17-6-9-22-18(12-17)7-10-23(30)29-22/h1-4,6,9,12,19-21,24,27H,5,7-8,10-11,13H2,(H,28,31)(H,29,30). The van der Waals surface area contributed by atoms with Crippen LogP contribution in [0.2, 0.25) is 0 Å². The molecule has 1 saturated carbocycles. The summed E-state index contributed by atoms with van der Waals surface area (Å²) < 4.78 is 0. The van der Waals surface area contributed by atoms with Crippen LogP contribution >= 0.6 is 0 Å². The fourth-order valence-electron chi connectivity index (χ4n) is 5.17. The van der Waals surface area contributed by atoms with Crippen molar-refractivity contribution >= 4 is 17.5 Å². The van der Waals surface area contributed by atoms with E-state index in [9.17, 15) is 14.9 Å². The number of amides is 2. The van der Waals surface area contributed by atoms with Crippen molar-refractivity contribution < 1.29 is 9.59 Å². The molecular weight excluding hydrogens is 388 g/mol. The number of rotatable bonds is 5. The number of carbonyl (C=O) groups excluding carboxylic acids is 2. The highest BCUT2D eigenvalue weighted by atomic mass is 16.2. The molecule has 2 fully saturated rings. The highest BCUT2D eigenvalue weighted by Crippen LogP contribution is 2.35. The summed E-state index contributed by atoms with van der Waals surface area (Å²) in [6.07, 6.45) is 5.10. The van der Waals surface area contributed by atoms with Crippen molar-refractivity contribution in [3.8, 4) is 17.2 Å². The number of aryl methyl sites for hydroxylation is 1. The van der Waals surface area contributed by atoms with Gasteiger partial charge in [0.05, 0.1) is 12.1 Å². The lowest BCUT2D eigenvalue weighted by Crippen LogP contribution is -2.50. The van der Waals surface area contributed by atoms with E-state index in [1.54, 1.807) is 0 Å². The lowest BCUT2D eigenvalue weighted by atomic mass is 9.95. The predicted molar refractivity (Wildman–Crippen MR) is 118 cm³/mol. The van der Waals surface area contributed by atoms with E-state index in [4.69, 9.17) is 0 Å².